The van der Waals surface area contributed by atoms with Crippen molar-refractivity contribution >= 4 is 5.97 Å². The molecule has 2 N–H and O–H groups in total. The summed E-state index contributed by atoms with van der Waals surface area (Å²) in [6.07, 6.45) is 1.10. The van der Waals surface area contributed by atoms with Crippen LogP contribution in [-0.2, 0) is 21.3 Å². The van der Waals surface area contributed by atoms with Gasteiger partial charge in [-0.1, -0.05) is 6.92 Å². The molecule has 0 aromatic heterocycles. The average molecular weight is 177 g/mol. The Labute approximate surface area is 65.5 Å². The molecule has 0 aliphatic heterocycles. The minimum Gasteiger partial charge on any atom is -0.550 e. The Hall–Kier alpha value is -0.0765. The van der Waals surface area contributed by atoms with Crippen LogP contribution in [-0.4, -0.2) is 12.5 Å². The van der Waals surface area contributed by atoms with E-state index in [2.05, 4.69) is 6.92 Å². The zero-order chi connectivity index (χ0) is 6.99. The third-order valence-electron chi connectivity index (χ3n) is 0.289. The molecule has 0 saturated heterocycles. The first-order valence-electron chi connectivity index (χ1n) is 2.52. The molecule has 0 fully saturated rings. The molecule has 4 heteroatoms. The summed E-state index contributed by atoms with van der Waals surface area (Å²) in [7, 11) is 0. The summed E-state index contributed by atoms with van der Waals surface area (Å²) in [4.78, 5) is 8.89. The van der Waals surface area contributed by atoms with E-state index in [1.54, 1.807) is 0 Å². The molecule has 0 radical (unpaired) electrons. The van der Waals surface area contributed by atoms with E-state index in [4.69, 9.17) is 15.6 Å². The molecule has 0 rings (SSSR count). The summed E-state index contributed by atoms with van der Waals surface area (Å²) < 4.78 is 0. The van der Waals surface area contributed by atoms with Crippen molar-refractivity contribution in [1.29, 1.82) is 0 Å². The fraction of sp³-hybridized carbons (Fsp3) is 0.800. The smallest absolute Gasteiger partial charge is 0.550 e. The number of hydrogen-bond acceptors (Lipinski definition) is 3. The molecule has 0 amide bonds. The SMILES string of the molecule is CC(=O)[O-].CCCN.[Ni+2]. The summed E-state index contributed by atoms with van der Waals surface area (Å²) in [5.41, 5.74) is 5.03. The summed E-state index contributed by atoms with van der Waals surface area (Å²) >= 11 is 0. The molecule has 0 aromatic rings. The minimum absolute atomic E-state index is 0. The normalized spacial score (nSPS) is 6.11. The molecule has 0 bridgehead atoms. The van der Waals surface area contributed by atoms with Gasteiger partial charge in [-0.2, -0.15) is 0 Å². The predicted molar refractivity (Wildman–Crippen MR) is 30.0 cm³/mol. The van der Waals surface area contributed by atoms with Gasteiger partial charge >= 0.3 is 16.5 Å². The van der Waals surface area contributed by atoms with Crippen LogP contribution in [0, 0.1) is 0 Å². The Morgan fingerprint density at radius 3 is 1.78 bits per heavy atom. The van der Waals surface area contributed by atoms with Gasteiger partial charge in [0.05, 0.1) is 0 Å². The van der Waals surface area contributed by atoms with Crippen LogP contribution in [0.1, 0.15) is 20.3 Å². The Kier molecular flexibility index (Phi) is 27.8. The summed E-state index contributed by atoms with van der Waals surface area (Å²) in [5, 5.41) is 8.89. The number of aliphatic carboxylic acids is 1. The largest absolute Gasteiger partial charge is 2.00 e. The number of nitrogens with two attached hydrogens (primary N) is 1. The van der Waals surface area contributed by atoms with E-state index in [9.17, 15) is 0 Å². The van der Waals surface area contributed by atoms with Gasteiger partial charge in [-0.15, -0.1) is 0 Å². The van der Waals surface area contributed by atoms with Gasteiger partial charge in [0, 0.05) is 5.97 Å². The maximum Gasteiger partial charge on any atom is 2.00 e. The van der Waals surface area contributed by atoms with Gasteiger partial charge in [-0.05, 0) is 19.9 Å². The van der Waals surface area contributed by atoms with Gasteiger partial charge in [-0.25, -0.2) is 0 Å². The van der Waals surface area contributed by atoms with Crippen LogP contribution in [0.25, 0.3) is 0 Å². The van der Waals surface area contributed by atoms with Crippen LogP contribution < -0.4 is 10.8 Å². The second-order valence-corrected chi connectivity index (χ2v) is 1.28. The summed E-state index contributed by atoms with van der Waals surface area (Å²) in [6, 6.07) is 0. The predicted octanol–water partition coefficient (Wildman–Crippen LogP) is -0.891. The molecule has 9 heavy (non-hydrogen) atoms. The Morgan fingerprint density at radius 1 is 1.67 bits per heavy atom. The molecule has 0 aromatic carbocycles. The van der Waals surface area contributed by atoms with Crippen molar-refractivity contribution < 1.29 is 26.4 Å². The van der Waals surface area contributed by atoms with E-state index in [1.807, 2.05) is 0 Å². The first-order valence-corrected chi connectivity index (χ1v) is 2.52. The van der Waals surface area contributed by atoms with Gasteiger partial charge in [0.15, 0.2) is 0 Å². The van der Waals surface area contributed by atoms with Gasteiger partial charge in [0.1, 0.15) is 0 Å². The van der Waals surface area contributed by atoms with Gasteiger partial charge in [0.2, 0.25) is 0 Å². The van der Waals surface area contributed by atoms with E-state index in [0.29, 0.717) is 0 Å². The quantitative estimate of drug-likeness (QED) is 0.528. The van der Waals surface area contributed by atoms with Crippen LogP contribution in [0.2, 0.25) is 0 Å². The molecule has 0 atom stereocenters. The first-order chi connectivity index (χ1) is 3.65. The van der Waals surface area contributed by atoms with E-state index >= 15 is 0 Å². The van der Waals surface area contributed by atoms with Crippen molar-refractivity contribution in [1.82, 2.24) is 0 Å². The molecule has 0 aliphatic carbocycles. The Morgan fingerprint density at radius 2 is 1.78 bits per heavy atom. The first kappa shape index (κ1) is 16.0. The second-order valence-electron chi connectivity index (χ2n) is 1.28. The number of carbonyl (C=O) groups excluding carboxylic acids is 1. The molecule has 0 saturated carbocycles. The average Bonchev–Trinajstić information content (AvgIpc) is 1.65. The molecule has 3 nitrogen and oxygen atoms in total. The number of carboxylic acids is 1. The van der Waals surface area contributed by atoms with Crippen LogP contribution in [0.4, 0.5) is 0 Å². The fourth-order valence-corrected chi connectivity index (χ4v) is 0. The molecule has 0 aliphatic rings. The minimum atomic E-state index is -1.08. The monoisotopic (exact) mass is 176 g/mol. The van der Waals surface area contributed by atoms with E-state index in [1.165, 1.54) is 0 Å². The van der Waals surface area contributed by atoms with Gasteiger partial charge in [-0.3, -0.25) is 0 Å². The van der Waals surface area contributed by atoms with Crippen molar-refractivity contribution in [2.75, 3.05) is 6.54 Å². The fourth-order valence-electron chi connectivity index (χ4n) is 0. The van der Waals surface area contributed by atoms with E-state index in [0.717, 1.165) is 19.9 Å². The van der Waals surface area contributed by atoms with Crippen molar-refractivity contribution in [3.63, 3.8) is 0 Å². The number of carboxylic acid groups (broad SMARTS) is 1. The van der Waals surface area contributed by atoms with Crippen molar-refractivity contribution in [2.45, 2.75) is 20.3 Å². The number of hydrogen-bond donors (Lipinski definition) is 1. The van der Waals surface area contributed by atoms with Crippen LogP contribution in [0.3, 0.4) is 0 Å². The molecular weight excluding hydrogens is 165 g/mol. The summed E-state index contributed by atoms with van der Waals surface area (Å²) in [6.45, 7) is 3.85. The molecule has 58 valence electrons. The van der Waals surface area contributed by atoms with Crippen LogP contribution in [0.5, 0.6) is 0 Å². The zero-order valence-corrected chi connectivity index (χ0v) is 6.61. The number of rotatable bonds is 1. The maximum atomic E-state index is 8.89. The second kappa shape index (κ2) is 15.7. The molecular formula is C5H12NNiO2+. The van der Waals surface area contributed by atoms with E-state index in [-0.39, 0.29) is 16.5 Å². The third-order valence-corrected chi connectivity index (χ3v) is 0.289. The van der Waals surface area contributed by atoms with Crippen molar-refractivity contribution in [2.24, 2.45) is 5.73 Å². The number of carbonyl (C=O) groups is 1. The molecule has 0 unspecified atom stereocenters. The Bertz CT molecular complexity index is 52.9. The van der Waals surface area contributed by atoms with Gasteiger partial charge in [0.25, 0.3) is 0 Å². The van der Waals surface area contributed by atoms with Crippen molar-refractivity contribution in [3.05, 3.63) is 0 Å². The topological polar surface area (TPSA) is 66.1 Å². The van der Waals surface area contributed by atoms with Crippen LogP contribution in [0.15, 0.2) is 0 Å². The van der Waals surface area contributed by atoms with E-state index < -0.39 is 5.97 Å². The standard InChI is InChI=1S/C3H9N.C2H4O2.Ni/c1-2-3-4;1-2(3)4;/h2-4H2,1H3;1H3,(H,3,4);/q;;+2/p-1. The summed E-state index contributed by atoms with van der Waals surface area (Å²) in [5.74, 6) is -1.08. The van der Waals surface area contributed by atoms with Crippen molar-refractivity contribution in [3.8, 4) is 0 Å². The molecule has 0 spiro atoms. The Balaban J connectivity index is -0.0000000720. The maximum absolute atomic E-state index is 8.89. The zero-order valence-electron chi connectivity index (χ0n) is 5.62. The third kappa shape index (κ3) is 326. The molecule has 0 heterocycles. The van der Waals surface area contributed by atoms with Gasteiger partial charge < -0.3 is 15.6 Å². The van der Waals surface area contributed by atoms with Crippen LogP contribution >= 0.6 is 0 Å².